The quantitative estimate of drug-likeness (QED) is 0.170. The number of fused-ring (bicyclic) bond motifs is 6. The molecule has 0 fully saturated rings. The molecule has 0 bridgehead atoms. The number of hydrogen-bond acceptors (Lipinski definition) is 6. The van der Waals surface area contributed by atoms with Crippen molar-refractivity contribution in [2.75, 3.05) is 0 Å². The fourth-order valence-electron chi connectivity index (χ4n) is 7.74. The van der Waals surface area contributed by atoms with E-state index in [0.717, 1.165) is 82.7 Å². The lowest BCUT2D eigenvalue weighted by atomic mass is 9.93. The molecule has 8 aromatic carbocycles. The monoisotopic (exact) mass is 718 g/mol. The van der Waals surface area contributed by atoms with Crippen molar-refractivity contribution in [1.29, 1.82) is 0 Å². The van der Waals surface area contributed by atoms with Crippen LogP contribution in [0.2, 0.25) is 0 Å². The molecule has 0 saturated heterocycles. The van der Waals surface area contributed by atoms with Crippen molar-refractivity contribution in [3.05, 3.63) is 182 Å². The molecule has 11 aromatic rings. The molecule has 0 radical (unpaired) electrons. The van der Waals surface area contributed by atoms with Crippen molar-refractivity contribution in [1.82, 2.24) is 19.9 Å². The van der Waals surface area contributed by atoms with Crippen molar-refractivity contribution >= 4 is 43.8 Å². The van der Waals surface area contributed by atoms with E-state index in [9.17, 15) is 0 Å². The highest BCUT2D eigenvalue weighted by molar-refractivity contribution is 6.20. The summed E-state index contributed by atoms with van der Waals surface area (Å²) in [6, 6.07) is 61.6. The topological polar surface area (TPSA) is 77.8 Å². The smallest absolute Gasteiger partial charge is 0.227 e. The largest absolute Gasteiger partial charge is 0.456 e. The Balaban J connectivity index is 1.13. The summed E-state index contributed by atoms with van der Waals surface area (Å²) < 4.78 is 13.1. The minimum Gasteiger partial charge on any atom is -0.456 e. The minimum absolute atomic E-state index is 0.551. The highest BCUT2D eigenvalue weighted by Crippen LogP contribution is 2.43. The van der Waals surface area contributed by atoms with Crippen molar-refractivity contribution in [2.45, 2.75) is 0 Å². The van der Waals surface area contributed by atoms with Gasteiger partial charge in [0.15, 0.2) is 23.1 Å². The van der Waals surface area contributed by atoms with E-state index in [1.807, 2.05) is 97.1 Å². The van der Waals surface area contributed by atoms with Crippen LogP contribution in [0.25, 0.3) is 112 Å². The predicted molar refractivity (Wildman–Crippen MR) is 225 cm³/mol. The Bertz CT molecular complexity index is 3240. The van der Waals surface area contributed by atoms with E-state index in [0.29, 0.717) is 28.9 Å². The summed E-state index contributed by atoms with van der Waals surface area (Å²) >= 11 is 0. The van der Waals surface area contributed by atoms with Gasteiger partial charge in [-0.05, 0) is 58.3 Å². The van der Waals surface area contributed by atoms with E-state index in [1.54, 1.807) is 0 Å². The average Bonchev–Trinajstić information content (AvgIpc) is 3.89. The first-order chi connectivity index (χ1) is 27.7. The van der Waals surface area contributed by atoms with Crippen LogP contribution in [0.4, 0.5) is 0 Å². The molecule has 262 valence electrons. The molecule has 6 heteroatoms. The average molecular weight is 719 g/mol. The van der Waals surface area contributed by atoms with Gasteiger partial charge in [0.25, 0.3) is 0 Å². The van der Waals surface area contributed by atoms with Gasteiger partial charge < -0.3 is 8.83 Å². The lowest BCUT2D eigenvalue weighted by Crippen LogP contribution is -2.01. The number of nitrogens with zero attached hydrogens (tertiary/aromatic N) is 4. The molecular formula is C50H30N4O2. The molecular weight excluding hydrogens is 689 g/mol. The van der Waals surface area contributed by atoms with Crippen molar-refractivity contribution in [2.24, 2.45) is 0 Å². The molecule has 11 rings (SSSR count). The molecule has 0 saturated carbocycles. The van der Waals surface area contributed by atoms with Gasteiger partial charge in [-0.15, -0.1) is 0 Å². The highest BCUT2D eigenvalue weighted by Gasteiger charge is 2.22. The van der Waals surface area contributed by atoms with Crippen LogP contribution in [0.5, 0.6) is 0 Å². The molecule has 0 atom stereocenters. The maximum Gasteiger partial charge on any atom is 0.227 e. The highest BCUT2D eigenvalue weighted by atomic mass is 16.4. The zero-order valence-electron chi connectivity index (χ0n) is 29.9. The summed E-state index contributed by atoms with van der Waals surface area (Å²) in [5.74, 6) is 2.30. The summed E-state index contributed by atoms with van der Waals surface area (Å²) in [7, 11) is 0. The summed E-state index contributed by atoms with van der Waals surface area (Å²) in [6.07, 6.45) is 0. The molecule has 0 aliphatic heterocycles. The summed E-state index contributed by atoms with van der Waals surface area (Å²) in [5, 5.41) is 4.21. The third-order valence-corrected chi connectivity index (χ3v) is 10.4. The van der Waals surface area contributed by atoms with Gasteiger partial charge in [0, 0.05) is 38.8 Å². The Morgan fingerprint density at radius 2 is 0.964 bits per heavy atom. The van der Waals surface area contributed by atoms with E-state index in [4.69, 9.17) is 28.8 Å². The number of furan rings is 1. The van der Waals surface area contributed by atoms with Crippen LogP contribution in [0.1, 0.15) is 0 Å². The lowest BCUT2D eigenvalue weighted by Gasteiger charge is -2.15. The van der Waals surface area contributed by atoms with E-state index in [2.05, 4.69) is 84.9 Å². The van der Waals surface area contributed by atoms with Gasteiger partial charge in [0.05, 0.1) is 5.39 Å². The second-order valence-corrected chi connectivity index (χ2v) is 13.8. The third-order valence-electron chi connectivity index (χ3n) is 10.4. The van der Waals surface area contributed by atoms with Gasteiger partial charge >= 0.3 is 0 Å². The molecule has 3 aromatic heterocycles. The van der Waals surface area contributed by atoms with E-state index >= 15 is 0 Å². The fourth-order valence-corrected chi connectivity index (χ4v) is 7.74. The zero-order chi connectivity index (χ0) is 37.0. The van der Waals surface area contributed by atoms with Gasteiger partial charge in [0.2, 0.25) is 5.89 Å². The van der Waals surface area contributed by atoms with Crippen molar-refractivity contribution < 1.29 is 8.83 Å². The van der Waals surface area contributed by atoms with E-state index < -0.39 is 0 Å². The second kappa shape index (κ2) is 13.0. The zero-order valence-corrected chi connectivity index (χ0v) is 29.9. The number of rotatable bonds is 6. The first-order valence-electron chi connectivity index (χ1n) is 18.6. The first-order valence-corrected chi connectivity index (χ1v) is 18.6. The minimum atomic E-state index is 0.551. The van der Waals surface area contributed by atoms with Crippen LogP contribution >= 0.6 is 0 Å². The molecule has 0 aliphatic carbocycles. The van der Waals surface area contributed by atoms with Crippen LogP contribution in [-0.4, -0.2) is 19.9 Å². The second-order valence-electron chi connectivity index (χ2n) is 13.8. The molecule has 6 nitrogen and oxygen atoms in total. The maximum atomic E-state index is 6.66. The molecule has 0 unspecified atom stereocenters. The van der Waals surface area contributed by atoms with E-state index in [1.165, 1.54) is 0 Å². The molecule has 0 amide bonds. The van der Waals surface area contributed by atoms with Gasteiger partial charge in [-0.1, -0.05) is 146 Å². The Morgan fingerprint density at radius 3 is 1.75 bits per heavy atom. The van der Waals surface area contributed by atoms with Crippen LogP contribution in [0.15, 0.2) is 191 Å². The molecule has 3 heterocycles. The SMILES string of the molecule is c1ccc(-c2nc(-c3cccc(-c4cc5oc6ccccc6c5c5nc(-c6ccccc6)oc45)c3)nc(-c3ccc4ccccc4c3-c3ccccc3)n2)cc1. The predicted octanol–water partition coefficient (Wildman–Crippen LogP) is 13.1. The van der Waals surface area contributed by atoms with Gasteiger partial charge in [-0.2, -0.15) is 0 Å². The molecule has 0 N–H and O–H groups in total. The molecule has 56 heavy (non-hydrogen) atoms. The van der Waals surface area contributed by atoms with E-state index in [-0.39, 0.29) is 0 Å². The Morgan fingerprint density at radius 1 is 0.357 bits per heavy atom. The standard InChI is InChI=1S/C50H30N4O2/c1-4-16-32(17-5-1)43-37-24-11-10-15-31(37)27-28-39(43)49-53-47(33-18-6-2-7-19-33)52-48(54-49)36-23-14-22-35(29-36)40-30-42-44(38-25-12-13-26-41(38)55-42)45-46(40)56-50(51-45)34-20-8-3-9-21-34/h1-30H. The lowest BCUT2D eigenvalue weighted by molar-refractivity contribution is 0.620. The Kier molecular flexibility index (Phi) is 7.38. The number of hydrogen-bond donors (Lipinski definition) is 0. The van der Waals surface area contributed by atoms with Crippen LogP contribution in [0.3, 0.4) is 0 Å². The van der Waals surface area contributed by atoms with Crippen LogP contribution in [0, 0.1) is 0 Å². The Hall–Kier alpha value is -7.70. The van der Waals surface area contributed by atoms with Crippen molar-refractivity contribution in [3.8, 4) is 67.9 Å². The third kappa shape index (κ3) is 5.35. The molecule has 0 aliphatic rings. The number of benzene rings is 8. The fraction of sp³-hybridized carbons (Fsp3) is 0. The van der Waals surface area contributed by atoms with Crippen LogP contribution < -0.4 is 0 Å². The summed E-state index contributed by atoms with van der Waals surface area (Å²) in [6.45, 7) is 0. The maximum absolute atomic E-state index is 6.66. The van der Waals surface area contributed by atoms with Gasteiger partial charge in [-0.3, -0.25) is 0 Å². The first kappa shape index (κ1) is 31.8. The summed E-state index contributed by atoms with van der Waals surface area (Å²) in [5.41, 5.74) is 10.5. The number of para-hydroxylation sites is 1. The van der Waals surface area contributed by atoms with Gasteiger partial charge in [-0.25, -0.2) is 19.9 Å². The normalized spacial score (nSPS) is 11.6. The van der Waals surface area contributed by atoms with Gasteiger partial charge in [0.1, 0.15) is 16.7 Å². The number of oxazole rings is 1. The van der Waals surface area contributed by atoms with Crippen molar-refractivity contribution in [3.63, 3.8) is 0 Å². The summed E-state index contributed by atoms with van der Waals surface area (Å²) in [4.78, 5) is 20.6. The van der Waals surface area contributed by atoms with Crippen LogP contribution in [-0.2, 0) is 0 Å². The number of aromatic nitrogens is 4. The molecule has 0 spiro atoms. The Labute approximate surface area is 321 Å².